The minimum absolute atomic E-state index is 0.0220. The van der Waals surface area contributed by atoms with Gasteiger partial charge in [0.05, 0.1) is 0 Å². The summed E-state index contributed by atoms with van der Waals surface area (Å²) < 4.78 is 10.9. The molecule has 1 atom stereocenters. The van der Waals surface area contributed by atoms with Gasteiger partial charge in [-0.25, -0.2) is 4.79 Å². The predicted octanol–water partition coefficient (Wildman–Crippen LogP) is 4.44. The topological polar surface area (TPSA) is 50.8 Å². The molecule has 26 heavy (non-hydrogen) atoms. The highest BCUT2D eigenvalue weighted by Gasteiger charge is 2.24. The number of hydrogen-bond donors (Lipinski definition) is 1. The molecule has 2 aromatic rings. The van der Waals surface area contributed by atoms with Crippen molar-refractivity contribution in [2.75, 3.05) is 31.0 Å². The monoisotopic (exact) mass is 370 g/mol. The number of fused-ring (bicyclic) bond motifs is 1. The zero-order valence-corrected chi connectivity index (χ0v) is 15.6. The van der Waals surface area contributed by atoms with E-state index in [2.05, 4.69) is 17.4 Å². The molecule has 2 aliphatic rings. The Morgan fingerprint density at radius 2 is 2.00 bits per heavy atom. The maximum Gasteiger partial charge on any atom is 0.321 e. The summed E-state index contributed by atoms with van der Waals surface area (Å²) in [5.74, 6) is 2.55. The van der Waals surface area contributed by atoms with Crippen molar-refractivity contribution in [2.24, 2.45) is 0 Å². The lowest BCUT2D eigenvalue weighted by Crippen LogP contribution is -2.36. The van der Waals surface area contributed by atoms with Crippen molar-refractivity contribution in [3.63, 3.8) is 0 Å². The SMILES string of the molecule is Cc1ccccc1NC(=O)N1CCSC(c2ccc3c(c2)OCO3)CC1. The second kappa shape index (κ2) is 7.50. The number of para-hydroxylation sites is 1. The van der Waals surface area contributed by atoms with Gasteiger partial charge in [-0.05, 0) is 42.7 Å². The Hall–Kier alpha value is -2.34. The lowest BCUT2D eigenvalue weighted by atomic mass is 10.1. The molecule has 2 aliphatic heterocycles. The van der Waals surface area contributed by atoms with Crippen LogP contribution in [0.5, 0.6) is 11.5 Å². The molecule has 0 aliphatic carbocycles. The van der Waals surface area contributed by atoms with Crippen LogP contribution in [0.25, 0.3) is 0 Å². The highest BCUT2D eigenvalue weighted by molar-refractivity contribution is 7.99. The first-order valence-corrected chi connectivity index (χ1v) is 9.88. The summed E-state index contributed by atoms with van der Waals surface area (Å²) in [4.78, 5) is 14.5. The lowest BCUT2D eigenvalue weighted by Gasteiger charge is -2.21. The second-order valence-corrected chi connectivity index (χ2v) is 7.80. The molecule has 1 unspecified atom stereocenters. The Morgan fingerprint density at radius 1 is 1.15 bits per heavy atom. The number of aryl methyl sites for hydroxylation is 1. The van der Waals surface area contributed by atoms with Crippen molar-refractivity contribution in [1.29, 1.82) is 0 Å². The molecule has 4 rings (SSSR count). The smallest absolute Gasteiger partial charge is 0.321 e. The predicted molar refractivity (Wildman–Crippen MR) is 104 cm³/mol. The van der Waals surface area contributed by atoms with Crippen LogP contribution in [0.4, 0.5) is 10.5 Å². The van der Waals surface area contributed by atoms with Crippen LogP contribution in [0.15, 0.2) is 42.5 Å². The molecule has 0 spiro atoms. The van der Waals surface area contributed by atoms with Gasteiger partial charge in [0, 0.05) is 29.8 Å². The maximum absolute atomic E-state index is 12.6. The van der Waals surface area contributed by atoms with E-state index in [9.17, 15) is 4.79 Å². The van der Waals surface area contributed by atoms with E-state index < -0.39 is 0 Å². The van der Waals surface area contributed by atoms with Gasteiger partial charge in [-0.3, -0.25) is 0 Å². The molecular weight excluding hydrogens is 348 g/mol. The molecule has 6 heteroatoms. The number of anilines is 1. The highest BCUT2D eigenvalue weighted by Crippen LogP contribution is 2.40. The average molecular weight is 370 g/mol. The molecule has 2 amide bonds. The number of hydrogen-bond acceptors (Lipinski definition) is 4. The van der Waals surface area contributed by atoms with Crippen LogP contribution in [0.2, 0.25) is 0 Å². The molecule has 0 saturated carbocycles. The van der Waals surface area contributed by atoms with E-state index in [1.807, 2.05) is 53.9 Å². The number of benzene rings is 2. The number of carbonyl (C=O) groups excluding carboxylic acids is 1. The van der Waals surface area contributed by atoms with Crippen molar-refractivity contribution in [3.8, 4) is 11.5 Å². The molecule has 1 N–H and O–H groups in total. The van der Waals surface area contributed by atoms with Gasteiger partial charge in [0.2, 0.25) is 6.79 Å². The molecule has 1 fully saturated rings. The number of thioether (sulfide) groups is 1. The molecule has 0 bridgehead atoms. The number of nitrogens with one attached hydrogen (secondary N) is 1. The zero-order valence-electron chi connectivity index (χ0n) is 14.7. The molecule has 1 saturated heterocycles. The molecule has 0 radical (unpaired) electrons. The number of rotatable bonds is 2. The van der Waals surface area contributed by atoms with E-state index in [-0.39, 0.29) is 6.03 Å². The summed E-state index contributed by atoms with van der Waals surface area (Å²) in [6.45, 7) is 3.79. The van der Waals surface area contributed by atoms with Gasteiger partial charge in [0.15, 0.2) is 11.5 Å². The molecule has 2 heterocycles. The summed E-state index contributed by atoms with van der Waals surface area (Å²) >= 11 is 1.90. The third-order valence-electron chi connectivity index (χ3n) is 4.78. The van der Waals surface area contributed by atoms with Gasteiger partial charge < -0.3 is 19.7 Å². The minimum Gasteiger partial charge on any atom is -0.454 e. The van der Waals surface area contributed by atoms with Gasteiger partial charge in [-0.2, -0.15) is 11.8 Å². The van der Waals surface area contributed by atoms with Crippen molar-refractivity contribution < 1.29 is 14.3 Å². The maximum atomic E-state index is 12.6. The summed E-state index contributed by atoms with van der Waals surface area (Å²) in [5.41, 5.74) is 3.19. The number of ether oxygens (including phenoxy) is 2. The first-order chi connectivity index (χ1) is 12.7. The molecular formula is C20H22N2O3S. The standard InChI is InChI=1S/C20H22N2O3S/c1-14-4-2-3-5-16(14)21-20(23)22-9-8-19(26-11-10-22)15-6-7-17-18(12-15)25-13-24-17/h2-7,12,19H,8-11,13H2,1H3,(H,21,23). The summed E-state index contributed by atoms with van der Waals surface area (Å²) in [7, 11) is 0. The van der Waals surface area contributed by atoms with Gasteiger partial charge in [0.1, 0.15) is 0 Å². The molecule has 0 aromatic heterocycles. The lowest BCUT2D eigenvalue weighted by molar-refractivity contribution is 0.174. The zero-order chi connectivity index (χ0) is 17.9. The van der Waals surface area contributed by atoms with Crippen molar-refractivity contribution in [2.45, 2.75) is 18.6 Å². The van der Waals surface area contributed by atoms with Crippen molar-refractivity contribution in [1.82, 2.24) is 4.90 Å². The normalized spacial score (nSPS) is 19.1. The number of urea groups is 1. The van der Waals surface area contributed by atoms with Gasteiger partial charge in [0.25, 0.3) is 0 Å². The van der Waals surface area contributed by atoms with E-state index in [0.29, 0.717) is 12.0 Å². The number of amides is 2. The summed E-state index contributed by atoms with van der Waals surface area (Å²) in [6.07, 6.45) is 0.922. The van der Waals surface area contributed by atoms with Crippen molar-refractivity contribution in [3.05, 3.63) is 53.6 Å². The second-order valence-electron chi connectivity index (χ2n) is 6.49. The molecule has 136 valence electrons. The third-order valence-corrected chi connectivity index (χ3v) is 6.11. The van der Waals surface area contributed by atoms with Crippen LogP contribution < -0.4 is 14.8 Å². The number of nitrogens with zero attached hydrogens (tertiary/aromatic N) is 1. The van der Waals surface area contributed by atoms with Crippen LogP contribution in [0.3, 0.4) is 0 Å². The highest BCUT2D eigenvalue weighted by atomic mass is 32.2. The van der Waals surface area contributed by atoms with Crippen LogP contribution in [0, 0.1) is 6.92 Å². The van der Waals surface area contributed by atoms with Gasteiger partial charge >= 0.3 is 6.03 Å². The van der Waals surface area contributed by atoms with Crippen LogP contribution in [-0.2, 0) is 0 Å². The Morgan fingerprint density at radius 3 is 2.88 bits per heavy atom. The fourth-order valence-electron chi connectivity index (χ4n) is 3.26. The average Bonchev–Trinajstić information content (AvgIpc) is 2.98. The number of carbonyl (C=O) groups is 1. The first kappa shape index (κ1) is 17.1. The minimum atomic E-state index is -0.0220. The Bertz CT molecular complexity index is 811. The van der Waals surface area contributed by atoms with E-state index in [1.165, 1.54) is 5.56 Å². The van der Waals surface area contributed by atoms with Crippen LogP contribution in [-0.4, -0.2) is 36.6 Å². The molecule has 5 nitrogen and oxygen atoms in total. The Kier molecular flexibility index (Phi) is 4.93. The van der Waals surface area contributed by atoms with Gasteiger partial charge in [-0.1, -0.05) is 24.3 Å². The van der Waals surface area contributed by atoms with E-state index in [0.717, 1.165) is 48.0 Å². The Balaban J connectivity index is 1.40. The van der Waals surface area contributed by atoms with Gasteiger partial charge in [-0.15, -0.1) is 0 Å². The van der Waals surface area contributed by atoms with E-state index >= 15 is 0 Å². The Labute approximate surface area is 157 Å². The first-order valence-electron chi connectivity index (χ1n) is 8.83. The van der Waals surface area contributed by atoms with E-state index in [4.69, 9.17) is 9.47 Å². The summed E-state index contributed by atoms with van der Waals surface area (Å²) in [6, 6.07) is 14.0. The fourth-order valence-corrected chi connectivity index (χ4v) is 4.48. The van der Waals surface area contributed by atoms with Crippen LogP contribution in [0.1, 0.15) is 22.8 Å². The largest absolute Gasteiger partial charge is 0.454 e. The quantitative estimate of drug-likeness (QED) is 0.849. The van der Waals surface area contributed by atoms with E-state index in [1.54, 1.807) is 0 Å². The fraction of sp³-hybridized carbons (Fsp3) is 0.350. The van der Waals surface area contributed by atoms with Crippen LogP contribution >= 0.6 is 11.8 Å². The van der Waals surface area contributed by atoms with Crippen molar-refractivity contribution >= 4 is 23.5 Å². The summed E-state index contributed by atoms with van der Waals surface area (Å²) in [5, 5.41) is 3.40. The third kappa shape index (κ3) is 3.60. The molecule has 2 aromatic carbocycles.